The molecule has 26 heavy (non-hydrogen) atoms. The molecule has 0 aliphatic rings. The first kappa shape index (κ1) is 23.6. The SMILES string of the molecule is CCCCCCCCCCCCCCCCCCc1ccc(CS)cc1. The van der Waals surface area contributed by atoms with Gasteiger partial charge in [0.1, 0.15) is 0 Å². The first-order chi connectivity index (χ1) is 12.9. The Bertz CT molecular complexity index is 395. The van der Waals surface area contributed by atoms with E-state index in [4.69, 9.17) is 0 Å². The molecular formula is C25H44S. The van der Waals surface area contributed by atoms with Gasteiger partial charge in [0.15, 0.2) is 0 Å². The molecule has 0 unspecified atom stereocenters. The van der Waals surface area contributed by atoms with Crippen LogP contribution in [0.1, 0.15) is 121 Å². The molecule has 0 heterocycles. The Kier molecular flexibility index (Phi) is 16.3. The first-order valence-electron chi connectivity index (χ1n) is 11.6. The number of hydrogen-bond acceptors (Lipinski definition) is 1. The van der Waals surface area contributed by atoms with E-state index in [0.717, 1.165) is 5.75 Å². The lowest BCUT2D eigenvalue weighted by atomic mass is 10.0. The van der Waals surface area contributed by atoms with Crippen LogP contribution in [0.25, 0.3) is 0 Å². The predicted molar refractivity (Wildman–Crippen MR) is 122 cm³/mol. The summed E-state index contributed by atoms with van der Waals surface area (Å²) in [6.45, 7) is 2.30. The van der Waals surface area contributed by atoms with E-state index in [1.165, 1.54) is 120 Å². The fourth-order valence-corrected chi connectivity index (χ4v) is 3.90. The second-order valence-electron chi connectivity index (χ2n) is 8.03. The van der Waals surface area contributed by atoms with Gasteiger partial charge in [0.25, 0.3) is 0 Å². The molecule has 0 aliphatic carbocycles. The molecule has 1 heteroatoms. The second-order valence-corrected chi connectivity index (χ2v) is 8.34. The largest absolute Gasteiger partial charge is 0.175 e. The van der Waals surface area contributed by atoms with E-state index >= 15 is 0 Å². The third kappa shape index (κ3) is 13.7. The summed E-state index contributed by atoms with van der Waals surface area (Å²) in [5, 5.41) is 0. The zero-order chi connectivity index (χ0) is 18.7. The summed E-state index contributed by atoms with van der Waals surface area (Å²) in [7, 11) is 0. The third-order valence-electron chi connectivity index (χ3n) is 5.52. The van der Waals surface area contributed by atoms with Gasteiger partial charge in [0.05, 0.1) is 0 Å². The number of rotatable bonds is 18. The van der Waals surface area contributed by atoms with Crippen molar-refractivity contribution >= 4 is 12.6 Å². The highest BCUT2D eigenvalue weighted by atomic mass is 32.1. The number of unbranched alkanes of at least 4 members (excludes halogenated alkanes) is 15. The van der Waals surface area contributed by atoms with Crippen LogP contribution in [0, 0.1) is 0 Å². The summed E-state index contributed by atoms with van der Waals surface area (Å²) in [6.07, 6.45) is 24.3. The van der Waals surface area contributed by atoms with Crippen LogP contribution in [0.4, 0.5) is 0 Å². The molecule has 0 saturated heterocycles. The smallest absolute Gasteiger partial charge is 0.0154 e. The van der Waals surface area contributed by atoms with E-state index in [1.807, 2.05) is 0 Å². The first-order valence-corrected chi connectivity index (χ1v) is 12.2. The number of thiol groups is 1. The molecule has 1 rings (SSSR count). The van der Waals surface area contributed by atoms with Crippen molar-refractivity contribution in [3.63, 3.8) is 0 Å². The maximum Gasteiger partial charge on any atom is 0.0154 e. The molecular weight excluding hydrogens is 332 g/mol. The van der Waals surface area contributed by atoms with Crippen LogP contribution in [0.2, 0.25) is 0 Å². The average molecular weight is 377 g/mol. The Hall–Kier alpha value is -0.430. The highest BCUT2D eigenvalue weighted by Gasteiger charge is 1.96. The average Bonchev–Trinajstić information content (AvgIpc) is 2.68. The van der Waals surface area contributed by atoms with E-state index < -0.39 is 0 Å². The molecule has 0 saturated carbocycles. The van der Waals surface area contributed by atoms with Crippen LogP contribution >= 0.6 is 12.6 Å². The molecule has 150 valence electrons. The van der Waals surface area contributed by atoms with E-state index in [1.54, 1.807) is 0 Å². The number of aryl methyl sites for hydroxylation is 1. The summed E-state index contributed by atoms with van der Waals surface area (Å²) in [5.41, 5.74) is 2.81. The van der Waals surface area contributed by atoms with Gasteiger partial charge in [0.2, 0.25) is 0 Å². The van der Waals surface area contributed by atoms with Crippen molar-refractivity contribution < 1.29 is 0 Å². The molecule has 1 aromatic rings. The Balaban J connectivity index is 1.76. The summed E-state index contributed by atoms with van der Waals surface area (Å²) in [6, 6.07) is 8.98. The van der Waals surface area contributed by atoms with Gasteiger partial charge in [-0.15, -0.1) is 0 Å². The zero-order valence-electron chi connectivity index (χ0n) is 17.5. The molecule has 0 nitrogen and oxygen atoms in total. The lowest BCUT2D eigenvalue weighted by Crippen LogP contribution is -1.87. The van der Waals surface area contributed by atoms with E-state index in [-0.39, 0.29) is 0 Å². The molecule has 0 fully saturated rings. The van der Waals surface area contributed by atoms with Crippen LogP contribution in [-0.4, -0.2) is 0 Å². The highest BCUT2D eigenvalue weighted by molar-refractivity contribution is 7.79. The molecule has 1 aromatic carbocycles. The third-order valence-corrected chi connectivity index (χ3v) is 5.89. The quantitative estimate of drug-likeness (QED) is 0.192. The molecule has 0 bridgehead atoms. The summed E-state index contributed by atoms with van der Waals surface area (Å²) in [5.74, 6) is 0.847. The van der Waals surface area contributed by atoms with Crippen molar-refractivity contribution in [1.29, 1.82) is 0 Å². The predicted octanol–water partition coefficient (Wildman–Crippen LogP) is 8.92. The van der Waals surface area contributed by atoms with Gasteiger partial charge in [-0.1, -0.05) is 128 Å². The fraction of sp³-hybridized carbons (Fsp3) is 0.760. The monoisotopic (exact) mass is 376 g/mol. The van der Waals surface area contributed by atoms with Crippen LogP contribution < -0.4 is 0 Å². The van der Waals surface area contributed by atoms with Gasteiger partial charge in [-0.2, -0.15) is 12.6 Å². The Morgan fingerprint density at radius 3 is 1.23 bits per heavy atom. The second kappa shape index (κ2) is 18.0. The van der Waals surface area contributed by atoms with Gasteiger partial charge in [-0.05, 0) is 24.0 Å². The minimum Gasteiger partial charge on any atom is -0.175 e. The van der Waals surface area contributed by atoms with Crippen LogP contribution in [0.5, 0.6) is 0 Å². The molecule has 0 atom stereocenters. The lowest BCUT2D eigenvalue weighted by Gasteiger charge is -2.04. The maximum atomic E-state index is 4.31. The Morgan fingerprint density at radius 1 is 0.500 bits per heavy atom. The van der Waals surface area contributed by atoms with Gasteiger partial charge in [-0.25, -0.2) is 0 Å². The topological polar surface area (TPSA) is 0 Å². The molecule has 0 aromatic heterocycles. The summed E-state index contributed by atoms with van der Waals surface area (Å²) < 4.78 is 0. The summed E-state index contributed by atoms with van der Waals surface area (Å²) >= 11 is 4.31. The van der Waals surface area contributed by atoms with Gasteiger partial charge < -0.3 is 0 Å². The van der Waals surface area contributed by atoms with Gasteiger partial charge in [-0.3, -0.25) is 0 Å². The van der Waals surface area contributed by atoms with E-state index in [9.17, 15) is 0 Å². The van der Waals surface area contributed by atoms with Crippen molar-refractivity contribution in [3.05, 3.63) is 35.4 Å². The van der Waals surface area contributed by atoms with Crippen molar-refractivity contribution in [2.45, 2.75) is 122 Å². The standard InChI is InChI=1S/C25H44S/c1-2-3-4-5-6-7-8-9-10-11-12-13-14-15-16-17-18-24-19-21-25(23-26)22-20-24/h19-22,26H,2-18,23H2,1H3. The Morgan fingerprint density at radius 2 is 0.846 bits per heavy atom. The van der Waals surface area contributed by atoms with Gasteiger partial charge >= 0.3 is 0 Å². The minimum atomic E-state index is 0.847. The van der Waals surface area contributed by atoms with Crippen LogP contribution in [0.15, 0.2) is 24.3 Å². The normalized spacial score (nSPS) is 11.2. The zero-order valence-corrected chi connectivity index (χ0v) is 18.4. The van der Waals surface area contributed by atoms with Crippen LogP contribution in [-0.2, 0) is 12.2 Å². The maximum absolute atomic E-state index is 4.31. The van der Waals surface area contributed by atoms with Crippen molar-refractivity contribution in [2.75, 3.05) is 0 Å². The number of benzene rings is 1. The molecule has 0 N–H and O–H groups in total. The van der Waals surface area contributed by atoms with Crippen molar-refractivity contribution in [1.82, 2.24) is 0 Å². The van der Waals surface area contributed by atoms with Crippen LogP contribution in [0.3, 0.4) is 0 Å². The minimum absolute atomic E-state index is 0.847. The molecule has 0 aliphatic heterocycles. The van der Waals surface area contributed by atoms with E-state index in [2.05, 4.69) is 43.8 Å². The lowest BCUT2D eigenvalue weighted by molar-refractivity contribution is 0.529. The molecule has 0 spiro atoms. The molecule has 0 radical (unpaired) electrons. The van der Waals surface area contributed by atoms with E-state index in [0.29, 0.717) is 0 Å². The van der Waals surface area contributed by atoms with Gasteiger partial charge in [0, 0.05) is 5.75 Å². The van der Waals surface area contributed by atoms with Crippen molar-refractivity contribution in [3.8, 4) is 0 Å². The number of hydrogen-bond donors (Lipinski definition) is 1. The fourth-order valence-electron chi connectivity index (χ4n) is 3.69. The van der Waals surface area contributed by atoms with Crippen molar-refractivity contribution in [2.24, 2.45) is 0 Å². The molecule has 0 amide bonds. The highest BCUT2D eigenvalue weighted by Crippen LogP contribution is 2.15. The Labute approximate surface area is 170 Å². The summed E-state index contributed by atoms with van der Waals surface area (Å²) in [4.78, 5) is 0.